The maximum Gasteiger partial charge on any atom is 0.306 e. The molecule has 0 heterocycles. The quantitative estimate of drug-likeness (QED) is 0.0345. The average Bonchev–Trinajstić information content (AvgIpc) is 3.40. The van der Waals surface area contributed by atoms with Gasteiger partial charge in [0.25, 0.3) is 0 Å². The Morgan fingerprint density at radius 3 is 0.919 bits per heavy atom. The van der Waals surface area contributed by atoms with Gasteiger partial charge in [0.05, 0.1) is 6.61 Å². The van der Waals surface area contributed by atoms with Crippen LogP contribution in [-0.2, 0) is 23.8 Å². The van der Waals surface area contributed by atoms with Crippen LogP contribution in [-0.4, -0.2) is 37.9 Å². The molecule has 0 aliphatic rings. The van der Waals surface area contributed by atoms with Crippen LogP contribution in [0.15, 0.2) is 170 Å². The Bertz CT molecular complexity index is 1670. The van der Waals surface area contributed by atoms with Crippen LogP contribution in [0.2, 0.25) is 0 Å². The molecule has 0 aromatic heterocycles. The highest BCUT2D eigenvalue weighted by atomic mass is 16.6. The molecule has 0 spiro atoms. The molecule has 0 aliphatic heterocycles. The minimum atomic E-state index is -0.588. The Morgan fingerprint density at radius 1 is 0.297 bits per heavy atom. The van der Waals surface area contributed by atoms with Gasteiger partial charge >= 0.3 is 11.9 Å². The van der Waals surface area contributed by atoms with Crippen LogP contribution in [0.3, 0.4) is 0 Å². The number of hydrogen-bond acceptors (Lipinski definition) is 5. The van der Waals surface area contributed by atoms with E-state index in [1.165, 1.54) is 19.3 Å². The van der Waals surface area contributed by atoms with Crippen LogP contribution in [0, 0.1) is 0 Å². The van der Waals surface area contributed by atoms with Gasteiger partial charge in [0.15, 0.2) is 6.10 Å². The molecule has 5 heteroatoms. The zero-order valence-corrected chi connectivity index (χ0v) is 47.5. The summed E-state index contributed by atoms with van der Waals surface area (Å²) in [6.45, 7) is 7.36. The summed E-state index contributed by atoms with van der Waals surface area (Å²) in [5.41, 5.74) is 0. The largest absolute Gasteiger partial charge is 0.462 e. The summed E-state index contributed by atoms with van der Waals surface area (Å²) in [6.07, 6.45) is 93.8. The number of ether oxygens (including phenoxy) is 3. The zero-order chi connectivity index (χ0) is 53.4. The van der Waals surface area contributed by atoms with E-state index in [1.807, 2.05) is 0 Å². The molecule has 1 unspecified atom stereocenters. The molecule has 0 aromatic carbocycles. The molecule has 0 saturated carbocycles. The Balaban J connectivity index is 4.48. The summed E-state index contributed by atoms with van der Waals surface area (Å²) in [4.78, 5) is 25.6. The van der Waals surface area contributed by atoms with Gasteiger partial charge in [0, 0.05) is 19.4 Å². The van der Waals surface area contributed by atoms with E-state index in [9.17, 15) is 9.59 Å². The Hall–Kier alpha value is -4.74. The number of carbonyl (C=O) groups is 2. The number of unbranched alkanes of at least 4 members (excludes halogenated alkanes) is 13. The van der Waals surface area contributed by atoms with Gasteiger partial charge in [-0.25, -0.2) is 0 Å². The first-order valence-electron chi connectivity index (χ1n) is 29.7. The predicted molar refractivity (Wildman–Crippen MR) is 324 cm³/mol. The molecule has 0 radical (unpaired) electrons. The lowest BCUT2D eigenvalue weighted by Crippen LogP contribution is -2.30. The third-order valence-corrected chi connectivity index (χ3v) is 11.7. The summed E-state index contributed by atoms with van der Waals surface area (Å²) in [5.74, 6) is -0.477. The maximum absolute atomic E-state index is 12.9. The van der Waals surface area contributed by atoms with Crippen LogP contribution in [0.4, 0.5) is 0 Å². The highest BCUT2D eigenvalue weighted by molar-refractivity contribution is 5.70. The maximum atomic E-state index is 12.9. The second-order valence-electron chi connectivity index (χ2n) is 18.7. The van der Waals surface area contributed by atoms with E-state index in [-0.39, 0.29) is 25.2 Å². The fraction of sp³-hybridized carbons (Fsp3) is 0.565. The van der Waals surface area contributed by atoms with Gasteiger partial charge in [-0.2, -0.15) is 0 Å². The number of hydrogen-bond donors (Lipinski definition) is 0. The van der Waals surface area contributed by atoms with E-state index < -0.39 is 6.10 Å². The summed E-state index contributed by atoms with van der Waals surface area (Å²) in [5, 5.41) is 0. The Labute approximate surface area is 456 Å². The predicted octanol–water partition coefficient (Wildman–Crippen LogP) is 20.8. The van der Waals surface area contributed by atoms with Crippen molar-refractivity contribution in [2.45, 2.75) is 232 Å². The van der Waals surface area contributed by atoms with Crippen molar-refractivity contribution in [2.75, 3.05) is 19.8 Å². The lowest BCUT2D eigenvalue weighted by molar-refractivity contribution is -0.163. The average molecular weight is 1020 g/mol. The SMILES string of the molecule is CC/C=C\C/C=C\C/C=C\C/C=C\C/C=C\CCCCCCOCC(COC(=O)CCCCC/C=C\C/C=C\C/C=C\C/C=C\C/C=C\CC)OC(=O)CCCCCCCC/C=C\C/C=C\C/C=C\C/C=C\CC. The van der Waals surface area contributed by atoms with Gasteiger partial charge in [-0.1, -0.05) is 236 Å². The van der Waals surface area contributed by atoms with Crippen LogP contribution in [0.5, 0.6) is 0 Å². The van der Waals surface area contributed by atoms with Crippen molar-refractivity contribution >= 4 is 11.9 Å². The first-order chi connectivity index (χ1) is 36.6. The van der Waals surface area contributed by atoms with E-state index in [1.54, 1.807) is 0 Å². The number of rotatable bonds is 52. The molecule has 0 aromatic rings. The van der Waals surface area contributed by atoms with E-state index in [2.05, 4.69) is 191 Å². The molecule has 1 atom stereocenters. The molecule has 0 fully saturated rings. The van der Waals surface area contributed by atoms with Gasteiger partial charge in [-0.15, -0.1) is 0 Å². The first kappa shape index (κ1) is 69.3. The Kier molecular flexibility index (Phi) is 58.5. The van der Waals surface area contributed by atoms with E-state index in [0.717, 1.165) is 173 Å². The summed E-state index contributed by atoms with van der Waals surface area (Å²) >= 11 is 0. The number of allylic oxidation sites excluding steroid dienone is 28. The van der Waals surface area contributed by atoms with Gasteiger partial charge in [0.2, 0.25) is 0 Å². The van der Waals surface area contributed by atoms with Gasteiger partial charge in [-0.3, -0.25) is 9.59 Å². The fourth-order valence-electron chi connectivity index (χ4n) is 7.44. The van der Waals surface area contributed by atoms with Crippen molar-refractivity contribution in [2.24, 2.45) is 0 Å². The standard InChI is InChI=1S/C69H108O5/c1-4-7-10-13-16-19-22-25-28-31-34-37-40-43-46-49-52-55-58-61-64-72-65-67(74-69(71)63-60-57-54-51-48-45-42-39-36-33-30-27-24-21-18-15-12-9-6-3)66-73-68(70)62-59-56-53-50-47-44-41-38-35-32-29-26-23-20-17-14-11-8-5-2/h7-12,16-21,25-30,34-39,43-44,46-47,67H,4-6,13-15,22-24,31-33,40-42,45,48-66H2,1-3H3/b10-7-,11-8-,12-9-,19-16-,20-17-,21-18-,28-25-,29-26-,30-27-,37-34-,38-35-,39-36-,46-43-,47-44-. The molecule has 0 saturated heterocycles. The van der Waals surface area contributed by atoms with E-state index in [0.29, 0.717) is 19.4 Å². The highest BCUT2D eigenvalue weighted by Gasteiger charge is 2.17. The molecule has 414 valence electrons. The molecule has 5 nitrogen and oxygen atoms in total. The van der Waals surface area contributed by atoms with Crippen LogP contribution >= 0.6 is 0 Å². The van der Waals surface area contributed by atoms with Gasteiger partial charge < -0.3 is 14.2 Å². The molecular formula is C69H108O5. The van der Waals surface area contributed by atoms with Crippen LogP contribution < -0.4 is 0 Å². The zero-order valence-electron chi connectivity index (χ0n) is 47.5. The summed E-state index contributed by atoms with van der Waals surface area (Å²) < 4.78 is 17.4. The van der Waals surface area contributed by atoms with Gasteiger partial charge in [0.1, 0.15) is 6.61 Å². The normalized spacial score (nSPS) is 13.5. The highest BCUT2D eigenvalue weighted by Crippen LogP contribution is 2.12. The summed E-state index contributed by atoms with van der Waals surface area (Å²) in [7, 11) is 0. The smallest absolute Gasteiger partial charge is 0.306 e. The topological polar surface area (TPSA) is 61.8 Å². The van der Waals surface area contributed by atoms with Crippen molar-refractivity contribution in [1.82, 2.24) is 0 Å². The minimum Gasteiger partial charge on any atom is -0.462 e. The second kappa shape index (κ2) is 62.6. The van der Waals surface area contributed by atoms with Crippen molar-refractivity contribution in [1.29, 1.82) is 0 Å². The fourth-order valence-corrected chi connectivity index (χ4v) is 7.44. The number of carbonyl (C=O) groups excluding carboxylic acids is 2. The van der Waals surface area contributed by atoms with Crippen LogP contribution in [0.25, 0.3) is 0 Å². The molecule has 74 heavy (non-hydrogen) atoms. The van der Waals surface area contributed by atoms with Crippen molar-refractivity contribution in [3.63, 3.8) is 0 Å². The lowest BCUT2D eigenvalue weighted by atomic mass is 10.1. The van der Waals surface area contributed by atoms with Crippen molar-refractivity contribution in [3.05, 3.63) is 170 Å². The minimum absolute atomic E-state index is 0.0388. The third kappa shape index (κ3) is 59.8. The Morgan fingerprint density at radius 2 is 0.568 bits per heavy atom. The van der Waals surface area contributed by atoms with Gasteiger partial charge in [-0.05, 0) is 148 Å². The van der Waals surface area contributed by atoms with Crippen LogP contribution in [0.1, 0.15) is 226 Å². The third-order valence-electron chi connectivity index (χ3n) is 11.7. The van der Waals surface area contributed by atoms with E-state index >= 15 is 0 Å². The first-order valence-corrected chi connectivity index (χ1v) is 29.7. The molecule has 0 bridgehead atoms. The molecular weight excluding hydrogens is 909 g/mol. The molecule has 0 amide bonds. The lowest BCUT2D eigenvalue weighted by Gasteiger charge is -2.18. The number of esters is 2. The molecule has 0 rings (SSSR count). The summed E-state index contributed by atoms with van der Waals surface area (Å²) in [6, 6.07) is 0. The molecule has 0 aliphatic carbocycles. The van der Waals surface area contributed by atoms with E-state index in [4.69, 9.17) is 14.2 Å². The van der Waals surface area contributed by atoms with Crippen molar-refractivity contribution in [3.8, 4) is 0 Å². The molecule has 0 N–H and O–H groups in total. The second-order valence-corrected chi connectivity index (χ2v) is 18.7. The monoisotopic (exact) mass is 1020 g/mol. The van der Waals surface area contributed by atoms with Crippen molar-refractivity contribution < 1.29 is 23.8 Å².